The van der Waals surface area contributed by atoms with E-state index in [0.717, 1.165) is 22.9 Å². The number of rotatable bonds is 6. The number of nitrogen functional groups attached to an aromatic ring is 1. The van der Waals surface area contributed by atoms with Crippen LogP contribution in [0.1, 0.15) is 5.56 Å². The van der Waals surface area contributed by atoms with Gasteiger partial charge in [-0.25, -0.2) is 18.2 Å². The molecule has 1 heterocycles. The summed E-state index contributed by atoms with van der Waals surface area (Å²) in [6.45, 7) is 1.99. The summed E-state index contributed by atoms with van der Waals surface area (Å²) >= 11 is 1.14. The summed E-state index contributed by atoms with van der Waals surface area (Å²) in [6, 6.07) is 13.3. The van der Waals surface area contributed by atoms with Gasteiger partial charge in [-0.2, -0.15) is 0 Å². The molecular weight excluding hydrogens is 400 g/mol. The Hall–Kier alpha value is -2.89. The number of nitrogens with zero attached hydrogens (tertiary/aromatic N) is 3. The van der Waals surface area contributed by atoms with Gasteiger partial charge < -0.3 is 11.2 Å². The molecule has 11 heteroatoms. The summed E-state index contributed by atoms with van der Waals surface area (Å²) in [4.78, 5) is 12.1. The summed E-state index contributed by atoms with van der Waals surface area (Å²) in [6.07, 6.45) is 0. The van der Waals surface area contributed by atoms with Crippen molar-refractivity contribution in [2.75, 3.05) is 16.9 Å². The van der Waals surface area contributed by atoms with E-state index in [2.05, 4.69) is 15.5 Å². The highest BCUT2D eigenvalue weighted by molar-refractivity contribution is 7.99. The fourth-order valence-electron chi connectivity index (χ4n) is 2.33. The molecule has 28 heavy (non-hydrogen) atoms. The van der Waals surface area contributed by atoms with Crippen LogP contribution in [-0.2, 0) is 14.8 Å². The van der Waals surface area contributed by atoms with Crippen LogP contribution in [0.4, 0.5) is 5.69 Å². The van der Waals surface area contributed by atoms with Gasteiger partial charge in [0.2, 0.25) is 21.1 Å². The standard InChI is InChI=1S/C17H18N6O3S2/c1-11-2-4-12(5-3-11)16-21-22-17(23(16)18)27-10-15(24)20-13-6-8-14(9-7-13)28(19,25)26/h2-9H,10,18H2,1H3,(H,20,24)(H2,19,25,26). The van der Waals surface area contributed by atoms with Crippen molar-refractivity contribution in [1.29, 1.82) is 0 Å². The molecule has 0 saturated heterocycles. The highest BCUT2D eigenvalue weighted by atomic mass is 32.2. The van der Waals surface area contributed by atoms with Crippen LogP contribution in [0.3, 0.4) is 0 Å². The van der Waals surface area contributed by atoms with Crippen molar-refractivity contribution < 1.29 is 13.2 Å². The molecule has 0 aliphatic carbocycles. The molecule has 3 rings (SSSR count). The quantitative estimate of drug-likeness (QED) is 0.404. The van der Waals surface area contributed by atoms with E-state index < -0.39 is 10.0 Å². The first kappa shape index (κ1) is 19.9. The molecule has 1 aromatic heterocycles. The largest absolute Gasteiger partial charge is 0.335 e. The molecule has 3 aromatic rings. The first-order valence-corrected chi connectivity index (χ1v) is 10.6. The molecule has 0 saturated carbocycles. The SMILES string of the molecule is Cc1ccc(-c2nnc(SCC(=O)Nc3ccc(S(N)(=O)=O)cc3)n2N)cc1. The van der Waals surface area contributed by atoms with E-state index in [1.165, 1.54) is 28.9 Å². The third-order valence-corrected chi connectivity index (χ3v) is 5.65. The van der Waals surface area contributed by atoms with Crippen LogP contribution in [0.15, 0.2) is 58.6 Å². The molecule has 1 amide bonds. The van der Waals surface area contributed by atoms with Gasteiger partial charge in [-0.3, -0.25) is 4.79 Å². The molecule has 0 bridgehead atoms. The van der Waals surface area contributed by atoms with Gasteiger partial charge in [-0.15, -0.1) is 10.2 Å². The minimum Gasteiger partial charge on any atom is -0.335 e. The fraction of sp³-hybridized carbons (Fsp3) is 0.118. The van der Waals surface area contributed by atoms with Gasteiger partial charge in [-0.1, -0.05) is 41.6 Å². The zero-order valence-corrected chi connectivity index (χ0v) is 16.5. The summed E-state index contributed by atoms with van der Waals surface area (Å²) in [5, 5.41) is 16.2. The number of nitrogens with two attached hydrogens (primary N) is 2. The Balaban J connectivity index is 1.61. The van der Waals surface area contributed by atoms with E-state index in [4.69, 9.17) is 11.0 Å². The zero-order chi connectivity index (χ0) is 20.3. The van der Waals surface area contributed by atoms with Crippen molar-refractivity contribution in [2.45, 2.75) is 17.0 Å². The zero-order valence-electron chi connectivity index (χ0n) is 14.9. The number of aryl methyl sites for hydroxylation is 1. The number of carbonyl (C=O) groups is 1. The first-order chi connectivity index (χ1) is 13.2. The third-order valence-electron chi connectivity index (χ3n) is 3.77. The molecule has 5 N–H and O–H groups in total. The topological polar surface area (TPSA) is 146 Å². The molecule has 9 nitrogen and oxygen atoms in total. The summed E-state index contributed by atoms with van der Waals surface area (Å²) in [7, 11) is -3.77. The maximum absolute atomic E-state index is 12.1. The van der Waals surface area contributed by atoms with Gasteiger partial charge in [0, 0.05) is 11.3 Å². The van der Waals surface area contributed by atoms with Crippen molar-refractivity contribution in [3.63, 3.8) is 0 Å². The van der Waals surface area contributed by atoms with Gasteiger partial charge in [0.15, 0.2) is 5.82 Å². The van der Waals surface area contributed by atoms with E-state index in [1.807, 2.05) is 31.2 Å². The number of hydrogen-bond donors (Lipinski definition) is 3. The predicted octanol–water partition coefficient (Wildman–Crippen LogP) is 1.35. The second-order valence-electron chi connectivity index (χ2n) is 5.95. The van der Waals surface area contributed by atoms with Crippen molar-refractivity contribution in [3.05, 3.63) is 54.1 Å². The number of anilines is 1. The van der Waals surface area contributed by atoms with Gasteiger partial charge in [-0.05, 0) is 31.2 Å². The molecule has 0 unspecified atom stereocenters. The maximum Gasteiger partial charge on any atom is 0.238 e. The fourth-order valence-corrected chi connectivity index (χ4v) is 3.50. The van der Waals surface area contributed by atoms with Crippen LogP contribution in [-0.4, -0.2) is 35.0 Å². The second-order valence-corrected chi connectivity index (χ2v) is 8.45. The number of sulfonamides is 1. The smallest absolute Gasteiger partial charge is 0.238 e. The maximum atomic E-state index is 12.1. The van der Waals surface area contributed by atoms with Gasteiger partial charge in [0.25, 0.3) is 0 Å². The molecule has 146 valence electrons. The Bertz CT molecular complexity index is 1090. The van der Waals surface area contributed by atoms with Crippen LogP contribution in [0.5, 0.6) is 0 Å². The molecular formula is C17H18N6O3S2. The number of aromatic nitrogens is 3. The normalized spacial score (nSPS) is 11.4. The summed E-state index contributed by atoms with van der Waals surface area (Å²) in [5.74, 6) is 6.30. The van der Waals surface area contributed by atoms with Crippen LogP contribution < -0.4 is 16.3 Å². The minimum absolute atomic E-state index is 0.0280. The third kappa shape index (κ3) is 4.68. The lowest BCUT2D eigenvalue weighted by Gasteiger charge is -2.06. The number of carbonyl (C=O) groups excluding carboxylic acids is 1. The molecule has 0 fully saturated rings. The van der Waals surface area contributed by atoms with Crippen LogP contribution >= 0.6 is 11.8 Å². The number of amides is 1. The molecule has 0 radical (unpaired) electrons. The average Bonchev–Trinajstić information content (AvgIpc) is 3.01. The van der Waals surface area contributed by atoms with Crippen molar-refractivity contribution in [3.8, 4) is 11.4 Å². The highest BCUT2D eigenvalue weighted by Gasteiger charge is 2.14. The van der Waals surface area contributed by atoms with Gasteiger partial charge in [0.05, 0.1) is 10.6 Å². The minimum atomic E-state index is -3.77. The van der Waals surface area contributed by atoms with Crippen molar-refractivity contribution >= 4 is 33.4 Å². The van der Waals surface area contributed by atoms with Crippen LogP contribution in [0, 0.1) is 6.92 Å². The van der Waals surface area contributed by atoms with E-state index in [0.29, 0.717) is 16.7 Å². The predicted molar refractivity (Wildman–Crippen MR) is 108 cm³/mol. The van der Waals surface area contributed by atoms with E-state index in [1.54, 1.807) is 0 Å². The lowest BCUT2D eigenvalue weighted by atomic mass is 10.1. The summed E-state index contributed by atoms with van der Waals surface area (Å²) in [5.41, 5.74) is 2.40. The Morgan fingerprint density at radius 3 is 2.36 bits per heavy atom. The van der Waals surface area contributed by atoms with E-state index in [9.17, 15) is 13.2 Å². The monoisotopic (exact) mass is 418 g/mol. The molecule has 0 spiro atoms. The second kappa shape index (κ2) is 8.00. The van der Waals surface area contributed by atoms with Crippen molar-refractivity contribution in [1.82, 2.24) is 14.9 Å². The average molecular weight is 419 g/mol. The van der Waals surface area contributed by atoms with Gasteiger partial charge >= 0.3 is 0 Å². The lowest BCUT2D eigenvalue weighted by molar-refractivity contribution is -0.113. The van der Waals surface area contributed by atoms with Crippen molar-refractivity contribution in [2.24, 2.45) is 5.14 Å². The van der Waals surface area contributed by atoms with Crippen LogP contribution in [0.25, 0.3) is 11.4 Å². The Labute approximate surface area is 166 Å². The Kier molecular flexibility index (Phi) is 5.68. The molecule has 0 atom stereocenters. The number of hydrogen-bond acceptors (Lipinski definition) is 7. The first-order valence-electron chi connectivity index (χ1n) is 8.07. The molecule has 2 aromatic carbocycles. The van der Waals surface area contributed by atoms with Crippen LogP contribution in [0.2, 0.25) is 0 Å². The number of primary sulfonamides is 1. The number of benzene rings is 2. The summed E-state index contributed by atoms with van der Waals surface area (Å²) < 4.78 is 23.8. The number of nitrogens with one attached hydrogen (secondary N) is 1. The van der Waals surface area contributed by atoms with E-state index in [-0.39, 0.29) is 16.6 Å². The highest BCUT2D eigenvalue weighted by Crippen LogP contribution is 2.22. The Morgan fingerprint density at radius 1 is 1.11 bits per heavy atom. The van der Waals surface area contributed by atoms with E-state index >= 15 is 0 Å². The van der Waals surface area contributed by atoms with Gasteiger partial charge in [0.1, 0.15) is 0 Å². The Morgan fingerprint density at radius 2 is 1.75 bits per heavy atom. The number of thioether (sulfide) groups is 1. The lowest BCUT2D eigenvalue weighted by Crippen LogP contribution is -2.17. The molecule has 0 aliphatic rings. The molecule has 0 aliphatic heterocycles.